The van der Waals surface area contributed by atoms with Gasteiger partial charge in [0.25, 0.3) is 0 Å². The molecule has 2 unspecified atom stereocenters. The zero-order valence-corrected chi connectivity index (χ0v) is 12.6. The van der Waals surface area contributed by atoms with Crippen molar-refractivity contribution in [3.8, 4) is 0 Å². The summed E-state index contributed by atoms with van der Waals surface area (Å²) in [4.78, 5) is 0. The SMILES string of the molecule is CCOC(C(C)C)C(N)Cc1ccc(Cl)c(Cl)c1. The van der Waals surface area contributed by atoms with Crippen molar-refractivity contribution in [3.63, 3.8) is 0 Å². The second-order valence-electron chi connectivity index (χ2n) is 4.78. The molecule has 4 heteroatoms. The van der Waals surface area contributed by atoms with Crippen molar-refractivity contribution in [1.82, 2.24) is 0 Å². The second-order valence-corrected chi connectivity index (χ2v) is 5.59. The Kier molecular flexibility index (Phi) is 6.44. The van der Waals surface area contributed by atoms with E-state index in [9.17, 15) is 0 Å². The molecule has 0 aliphatic carbocycles. The number of hydrogen-bond acceptors (Lipinski definition) is 2. The third-order valence-corrected chi connectivity index (χ3v) is 3.63. The number of halogens is 2. The average Bonchev–Trinajstić information content (AvgIpc) is 2.30. The molecule has 0 aliphatic rings. The average molecular weight is 290 g/mol. The van der Waals surface area contributed by atoms with Gasteiger partial charge in [0.1, 0.15) is 0 Å². The molecule has 0 bridgehead atoms. The molecule has 0 aliphatic heterocycles. The minimum absolute atomic E-state index is 0.0396. The Bertz CT molecular complexity index is 382. The Balaban J connectivity index is 2.72. The van der Waals surface area contributed by atoms with Crippen molar-refractivity contribution in [2.45, 2.75) is 39.3 Å². The highest BCUT2D eigenvalue weighted by Crippen LogP contribution is 2.24. The number of ether oxygens (including phenoxy) is 1. The minimum Gasteiger partial charge on any atom is -0.377 e. The summed E-state index contributed by atoms with van der Waals surface area (Å²) in [6.45, 7) is 6.91. The first-order valence-electron chi connectivity index (χ1n) is 6.26. The highest BCUT2D eigenvalue weighted by molar-refractivity contribution is 6.42. The van der Waals surface area contributed by atoms with Crippen LogP contribution in [0.15, 0.2) is 18.2 Å². The standard InChI is InChI=1S/C14H21Cl2NO/c1-4-18-14(9(2)3)13(17)8-10-5-6-11(15)12(16)7-10/h5-7,9,13-14H,4,8,17H2,1-3H3. The highest BCUT2D eigenvalue weighted by Gasteiger charge is 2.22. The molecule has 102 valence electrons. The van der Waals surface area contributed by atoms with Crippen molar-refractivity contribution < 1.29 is 4.74 Å². The Labute approximate surface area is 119 Å². The summed E-state index contributed by atoms with van der Waals surface area (Å²) >= 11 is 11.9. The molecule has 0 heterocycles. The molecule has 0 saturated heterocycles. The molecule has 1 aromatic rings. The molecule has 0 fully saturated rings. The number of hydrogen-bond donors (Lipinski definition) is 1. The van der Waals surface area contributed by atoms with Crippen LogP contribution >= 0.6 is 23.2 Å². The number of rotatable bonds is 6. The van der Waals surface area contributed by atoms with E-state index in [4.69, 9.17) is 33.7 Å². The predicted octanol–water partition coefficient (Wildman–Crippen LogP) is 3.92. The van der Waals surface area contributed by atoms with Gasteiger partial charge in [-0.15, -0.1) is 0 Å². The van der Waals surface area contributed by atoms with Crippen LogP contribution in [-0.2, 0) is 11.2 Å². The number of nitrogens with two attached hydrogens (primary N) is 1. The van der Waals surface area contributed by atoms with Crippen LogP contribution in [0, 0.1) is 5.92 Å². The predicted molar refractivity (Wildman–Crippen MR) is 78.4 cm³/mol. The summed E-state index contributed by atoms with van der Waals surface area (Å²) < 4.78 is 5.71. The molecule has 0 saturated carbocycles. The van der Waals surface area contributed by atoms with Crippen molar-refractivity contribution >= 4 is 23.2 Å². The van der Waals surface area contributed by atoms with Crippen molar-refractivity contribution in [2.75, 3.05) is 6.61 Å². The van der Waals surface area contributed by atoms with Crippen molar-refractivity contribution in [2.24, 2.45) is 11.7 Å². The molecular formula is C14H21Cl2NO. The molecule has 18 heavy (non-hydrogen) atoms. The second kappa shape index (κ2) is 7.34. The lowest BCUT2D eigenvalue weighted by molar-refractivity contribution is 0.0128. The van der Waals surface area contributed by atoms with Crippen LogP contribution in [-0.4, -0.2) is 18.8 Å². The van der Waals surface area contributed by atoms with Gasteiger partial charge >= 0.3 is 0 Å². The van der Waals surface area contributed by atoms with Gasteiger partial charge in [0, 0.05) is 12.6 Å². The molecule has 1 rings (SSSR count). The summed E-state index contributed by atoms with van der Waals surface area (Å²) in [5.74, 6) is 0.391. The molecule has 0 aromatic heterocycles. The van der Waals surface area contributed by atoms with Gasteiger partial charge in [-0.3, -0.25) is 0 Å². The van der Waals surface area contributed by atoms with Crippen LogP contribution in [0.25, 0.3) is 0 Å². The molecule has 0 spiro atoms. The van der Waals surface area contributed by atoms with Crippen LogP contribution in [0.1, 0.15) is 26.3 Å². The fraction of sp³-hybridized carbons (Fsp3) is 0.571. The van der Waals surface area contributed by atoms with Crippen LogP contribution < -0.4 is 5.73 Å². The van der Waals surface area contributed by atoms with E-state index < -0.39 is 0 Å². The van der Waals surface area contributed by atoms with Gasteiger partial charge in [0.05, 0.1) is 16.1 Å². The third kappa shape index (κ3) is 4.43. The molecule has 0 radical (unpaired) electrons. The van der Waals surface area contributed by atoms with E-state index in [-0.39, 0.29) is 12.1 Å². The minimum atomic E-state index is -0.0396. The van der Waals surface area contributed by atoms with Gasteiger partial charge in [0.2, 0.25) is 0 Å². The lowest BCUT2D eigenvalue weighted by Crippen LogP contribution is -2.42. The van der Waals surface area contributed by atoms with E-state index in [1.807, 2.05) is 19.1 Å². The summed E-state index contributed by atoms with van der Waals surface area (Å²) in [5.41, 5.74) is 7.31. The van der Waals surface area contributed by atoms with E-state index >= 15 is 0 Å². The van der Waals surface area contributed by atoms with Crippen LogP contribution in [0.2, 0.25) is 10.0 Å². The van der Waals surface area contributed by atoms with Gasteiger partial charge in [-0.25, -0.2) is 0 Å². The fourth-order valence-corrected chi connectivity index (χ4v) is 2.38. The molecular weight excluding hydrogens is 269 g/mol. The topological polar surface area (TPSA) is 35.2 Å². The van der Waals surface area contributed by atoms with E-state index in [1.54, 1.807) is 6.07 Å². The zero-order valence-electron chi connectivity index (χ0n) is 11.1. The quantitative estimate of drug-likeness (QED) is 0.861. The van der Waals surface area contributed by atoms with E-state index in [2.05, 4.69) is 13.8 Å². The third-order valence-electron chi connectivity index (χ3n) is 2.89. The Morgan fingerprint density at radius 1 is 1.22 bits per heavy atom. The smallest absolute Gasteiger partial charge is 0.0751 e. The van der Waals surface area contributed by atoms with Gasteiger partial charge < -0.3 is 10.5 Å². The monoisotopic (exact) mass is 289 g/mol. The molecule has 2 N–H and O–H groups in total. The maximum absolute atomic E-state index is 6.22. The molecule has 0 amide bonds. The first-order valence-corrected chi connectivity index (χ1v) is 7.02. The summed E-state index contributed by atoms with van der Waals surface area (Å²) in [6.07, 6.45) is 0.796. The van der Waals surface area contributed by atoms with E-state index in [0.29, 0.717) is 22.6 Å². The van der Waals surface area contributed by atoms with Crippen LogP contribution in [0.3, 0.4) is 0 Å². The van der Waals surface area contributed by atoms with Crippen LogP contribution in [0.4, 0.5) is 0 Å². The Morgan fingerprint density at radius 2 is 1.89 bits per heavy atom. The molecule has 2 atom stereocenters. The largest absolute Gasteiger partial charge is 0.377 e. The first-order chi connectivity index (χ1) is 8.45. The van der Waals surface area contributed by atoms with E-state index in [0.717, 1.165) is 12.0 Å². The fourth-order valence-electron chi connectivity index (χ4n) is 2.06. The normalized spacial score (nSPS) is 14.8. The summed E-state index contributed by atoms with van der Waals surface area (Å²) in [6, 6.07) is 5.59. The van der Waals surface area contributed by atoms with Crippen molar-refractivity contribution in [3.05, 3.63) is 33.8 Å². The van der Waals surface area contributed by atoms with Gasteiger partial charge in [-0.05, 0) is 37.0 Å². The van der Waals surface area contributed by atoms with Gasteiger partial charge in [0.15, 0.2) is 0 Å². The highest BCUT2D eigenvalue weighted by atomic mass is 35.5. The van der Waals surface area contributed by atoms with E-state index in [1.165, 1.54) is 0 Å². The maximum Gasteiger partial charge on any atom is 0.0751 e. The molecule has 2 nitrogen and oxygen atoms in total. The Hall–Kier alpha value is -0.280. The summed E-state index contributed by atoms with van der Waals surface area (Å²) in [7, 11) is 0. The zero-order chi connectivity index (χ0) is 13.7. The first kappa shape index (κ1) is 15.8. The lowest BCUT2D eigenvalue weighted by atomic mass is 9.94. The van der Waals surface area contributed by atoms with Gasteiger partial charge in [-0.1, -0.05) is 43.1 Å². The van der Waals surface area contributed by atoms with Gasteiger partial charge in [-0.2, -0.15) is 0 Å². The molecule has 1 aromatic carbocycles. The van der Waals surface area contributed by atoms with Crippen LogP contribution in [0.5, 0.6) is 0 Å². The summed E-state index contributed by atoms with van der Waals surface area (Å²) in [5, 5.41) is 1.14. The Morgan fingerprint density at radius 3 is 2.39 bits per heavy atom. The maximum atomic E-state index is 6.22. The van der Waals surface area contributed by atoms with Crippen molar-refractivity contribution in [1.29, 1.82) is 0 Å². The number of benzene rings is 1. The lowest BCUT2D eigenvalue weighted by Gasteiger charge is -2.27.